The first-order valence-electron chi connectivity index (χ1n) is 6.90. The summed E-state index contributed by atoms with van der Waals surface area (Å²) in [6.45, 7) is 7.33. The van der Waals surface area contributed by atoms with Crippen molar-refractivity contribution in [2.75, 3.05) is 13.6 Å². The van der Waals surface area contributed by atoms with Gasteiger partial charge in [-0.05, 0) is 23.3 Å². The van der Waals surface area contributed by atoms with Gasteiger partial charge < -0.3 is 0 Å². The topological polar surface area (TPSA) is 37.4 Å². The summed E-state index contributed by atoms with van der Waals surface area (Å²) in [5, 5.41) is 1.91. The van der Waals surface area contributed by atoms with E-state index in [1.807, 2.05) is 5.38 Å². The molecule has 108 valence electrons. The number of hydrogen-bond acceptors (Lipinski definition) is 3. The average Bonchev–Trinajstić information content (AvgIpc) is 2.84. The van der Waals surface area contributed by atoms with Gasteiger partial charge in [0.1, 0.15) is 0 Å². The molecule has 2 atom stereocenters. The maximum absolute atomic E-state index is 12.3. The molecule has 1 aliphatic heterocycles. The fourth-order valence-electron chi connectivity index (χ4n) is 3.09. The highest BCUT2D eigenvalue weighted by molar-refractivity contribution is 7.89. The minimum atomic E-state index is -3.25. The smallest absolute Gasteiger partial charge is 0.207 e. The highest BCUT2D eigenvalue weighted by Crippen LogP contribution is 2.49. The fourth-order valence-corrected chi connectivity index (χ4v) is 6.01. The van der Waals surface area contributed by atoms with Crippen LogP contribution in [0.3, 0.4) is 0 Å². The molecule has 1 aromatic heterocycles. The molecule has 1 aliphatic rings. The van der Waals surface area contributed by atoms with Crippen LogP contribution in [0.15, 0.2) is 16.3 Å². The molecular weight excluding hydrogens is 278 g/mol. The highest BCUT2D eigenvalue weighted by Gasteiger charge is 2.43. The summed E-state index contributed by atoms with van der Waals surface area (Å²) in [6, 6.07) is 1.76. The first-order valence-corrected chi connectivity index (χ1v) is 9.22. The summed E-state index contributed by atoms with van der Waals surface area (Å²) < 4.78 is 26.2. The molecule has 0 fully saturated rings. The van der Waals surface area contributed by atoms with Crippen molar-refractivity contribution in [3.8, 4) is 0 Å². The van der Waals surface area contributed by atoms with Crippen molar-refractivity contribution in [1.29, 1.82) is 0 Å². The van der Waals surface area contributed by atoms with Gasteiger partial charge in [-0.25, -0.2) is 12.7 Å². The van der Waals surface area contributed by atoms with Gasteiger partial charge in [-0.2, -0.15) is 0 Å². The van der Waals surface area contributed by atoms with E-state index in [9.17, 15) is 8.42 Å². The SMILES string of the molecule is CCCC(C)(CC)C1CN(C)S(=O)(=O)c2ccsc21. The molecule has 2 rings (SSSR count). The molecule has 5 heteroatoms. The predicted molar refractivity (Wildman–Crippen MR) is 80.2 cm³/mol. The Morgan fingerprint density at radius 1 is 1.47 bits per heavy atom. The van der Waals surface area contributed by atoms with Gasteiger partial charge in [-0.1, -0.05) is 33.6 Å². The average molecular weight is 301 g/mol. The van der Waals surface area contributed by atoms with Crippen LogP contribution in [0.4, 0.5) is 0 Å². The Morgan fingerprint density at radius 3 is 2.74 bits per heavy atom. The van der Waals surface area contributed by atoms with Gasteiger partial charge in [0.05, 0.1) is 4.90 Å². The lowest BCUT2D eigenvalue weighted by atomic mass is 9.71. The van der Waals surface area contributed by atoms with Gasteiger partial charge in [-0.3, -0.25) is 0 Å². The van der Waals surface area contributed by atoms with Crippen molar-refractivity contribution >= 4 is 21.4 Å². The van der Waals surface area contributed by atoms with Gasteiger partial charge in [0.2, 0.25) is 10.0 Å². The van der Waals surface area contributed by atoms with Crippen molar-refractivity contribution in [2.45, 2.75) is 50.8 Å². The van der Waals surface area contributed by atoms with E-state index in [0.29, 0.717) is 17.4 Å². The number of nitrogens with zero attached hydrogens (tertiary/aromatic N) is 1. The van der Waals surface area contributed by atoms with Gasteiger partial charge in [0, 0.05) is 24.4 Å². The third-order valence-corrected chi connectivity index (χ3v) is 7.61. The van der Waals surface area contributed by atoms with Crippen LogP contribution in [0.1, 0.15) is 50.8 Å². The lowest BCUT2D eigenvalue weighted by Gasteiger charge is -2.41. The first-order chi connectivity index (χ1) is 8.86. The zero-order valence-corrected chi connectivity index (χ0v) is 13.8. The van der Waals surface area contributed by atoms with E-state index in [-0.39, 0.29) is 5.41 Å². The van der Waals surface area contributed by atoms with Crippen molar-refractivity contribution in [2.24, 2.45) is 5.41 Å². The molecule has 2 unspecified atom stereocenters. The van der Waals surface area contributed by atoms with E-state index in [4.69, 9.17) is 0 Å². The lowest BCUT2D eigenvalue weighted by Crippen LogP contribution is -2.41. The minimum absolute atomic E-state index is 0.179. The van der Waals surface area contributed by atoms with E-state index in [1.54, 1.807) is 24.5 Å². The summed E-state index contributed by atoms with van der Waals surface area (Å²) in [5.74, 6) is 0.320. The van der Waals surface area contributed by atoms with E-state index in [1.165, 1.54) is 4.31 Å². The van der Waals surface area contributed by atoms with Crippen LogP contribution < -0.4 is 0 Å². The molecule has 0 saturated carbocycles. The molecule has 0 amide bonds. The van der Waals surface area contributed by atoms with Crippen molar-refractivity contribution < 1.29 is 8.42 Å². The molecular formula is C14H23NO2S2. The van der Waals surface area contributed by atoms with Crippen LogP contribution in [0, 0.1) is 5.41 Å². The van der Waals surface area contributed by atoms with E-state index >= 15 is 0 Å². The van der Waals surface area contributed by atoms with Crippen LogP contribution in [0.5, 0.6) is 0 Å². The molecule has 0 radical (unpaired) electrons. The number of fused-ring (bicyclic) bond motifs is 1. The molecule has 0 aromatic carbocycles. The van der Waals surface area contributed by atoms with E-state index in [0.717, 1.165) is 24.1 Å². The van der Waals surface area contributed by atoms with Gasteiger partial charge in [-0.15, -0.1) is 11.3 Å². The molecule has 1 aromatic rings. The van der Waals surface area contributed by atoms with Gasteiger partial charge in [0.15, 0.2) is 0 Å². The molecule has 2 heterocycles. The Balaban J connectivity index is 2.51. The standard InChI is InChI=1S/C14H23NO2S2/c1-5-8-14(3,6-2)11-10-15(4)19(16,17)12-7-9-18-13(11)12/h7,9,11H,5-6,8,10H2,1-4H3. The second-order valence-corrected chi connectivity index (χ2v) is 8.71. The Morgan fingerprint density at radius 2 is 2.16 bits per heavy atom. The van der Waals surface area contributed by atoms with Gasteiger partial charge in [0.25, 0.3) is 0 Å². The monoisotopic (exact) mass is 301 g/mol. The van der Waals surface area contributed by atoms with Crippen LogP contribution in [-0.4, -0.2) is 26.3 Å². The lowest BCUT2D eigenvalue weighted by molar-refractivity contribution is 0.192. The maximum atomic E-state index is 12.3. The molecule has 0 spiro atoms. The zero-order valence-electron chi connectivity index (χ0n) is 12.1. The molecule has 19 heavy (non-hydrogen) atoms. The summed E-state index contributed by atoms with van der Waals surface area (Å²) in [6.07, 6.45) is 3.36. The summed E-state index contributed by atoms with van der Waals surface area (Å²) in [4.78, 5) is 1.60. The highest BCUT2D eigenvalue weighted by atomic mass is 32.2. The Labute approximate surface area is 120 Å². The molecule has 0 aliphatic carbocycles. The normalized spacial score (nSPS) is 25.8. The fraction of sp³-hybridized carbons (Fsp3) is 0.714. The Kier molecular flexibility index (Phi) is 4.10. The quantitative estimate of drug-likeness (QED) is 0.850. The first kappa shape index (κ1) is 15.0. The molecule has 3 nitrogen and oxygen atoms in total. The molecule has 0 bridgehead atoms. The second-order valence-electron chi connectivity index (χ2n) is 5.74. The number of hydrogen-bond donors (Lipinski definition) is 0. The number of thiophene rings is 1. The van der Waals surface area contributed by atoms with Crippen molar-refractivity contribution in [3.05, 3.63) is 16.3 Å². The third kappa shape index (κ3) is 2.36. The van der Waals surface area contributed by atoms with Crippen LogP contribution in [-0.2, 0) is 10.0 Å². The van der Waals surface area contributed by atoms with E-state index in [2.05, 4.69) is 20.8 Å². The number of rotatable bonds is 4. The van der Waals surface area contributed by atoms with Crippen LogP contribution in [0.25, 0.3) is 0 Å². The summed E-state index contributed by atoms with van der Waals surface area (Å²) in [7, 11) is -1.55. The number of sulfonamides is 1. The largest absolute Gasteiger partial charge is 0.243 e. The van der Waals surface area contributed by atoms with Crippen molar-refractivity contribution in [1.82, 2.24) is 4.31 Å². The van der Waals surface area contributed by atoms with Gasteiger partial charge >= 0.3 is 0 Å². The maximum Gasteiger partial charge on any atom is 0.243 e. The van der Waals surface area contributed by atoms with Crippen LogP contribution >= 0.6 is 11.3 Å². The second kappa shape index (κ2) is 5.19. The van der Waals surface area contributed by atoms with E-state index < -0.39 is 10.0 Å². The summed E-state index contributed by atoms with van der Waals surface area (Å²) in [5.41, 5.74) is 0.179. The minimum Gasteiger partial charge on any atom is -0.207 e. The van der Waals surface area contributed by atoms with Crippen molar-refractivity contribution in [3.63, 3.8) is 0 Å². The molecule has 0 N–H and O–H groups in total. The molecule has 0 saturated heterocycles. The Bertz CT molecular complexity index is 550. The number of likely N-dealkylation sites (N-methyl/N-ethyl adjacent to an activating group) is 1. The summed E-state index contributed by atoms with van der Waals surface area (Å²) >= 11 is 1.60. The zero-order chi connectivity index (χ0) is 14.3. The third-order valence-electron chi connectivity index (χ3n) is 4.57. The van der Waals surface area contributed by atoms with Crippen LogP contribution in [0.2, 0.25) is 0 Å². The predicted octanol–water partition coefficient (Wildman–Crippen LogP) is 3.68. The Hall–Kier alpha value is -0.390.